The molecule has 1 amide bonds. The Morgan fingerprint density at radius 3 is 2.52 bits per heavy atom. The molecule has 0 spiro atoms. The van der Waals surface area contributed by atoms with Crippen LogP contribution in [0.25, 0.3) is 0 Å². The van der Waals surface area contributed by atoms with E-state index in [9.17, 15) is 9.59 Å². The number of carbonyl (C=O) groups excluding carboxylic acids is 2. The van der Waals surface area contributed by atoms with Crippen molar-refractivity contribution in [2.24, 2.45) is 4.99 Å². The van der Waals surface area contributed by atoms with Crippen LogP contribution in [0.1, 0.15) is 61.8 Å². The second-order valence-electron chi connectivity index (χ2n) is 7.47. The van der Waals surface area contributed by atoms with Crippen molar-refractivity contribution in [3.8, 4) is 5.75 Å². The third-order valence-electron chi connectivity index (χ3n) is 5.27. The fourth-order valence-electron chi connectivity index (χ4n) is 3.75. The fourth-order valence-corrected chi connectivity index (χ4v) is 3.75. The van der Waals surface area contributed by atoms with E-state index in [1.165, 1.54) is 26.2 Å². The molecule has 0 radical (unpaired) electrons. The third kappa shape index (κ3) is 5.79. The van der Waals surface area contributed by atoms with E-state index in [0.29, 0.717) is 5.49 Å². The largest absolute Gasteiger partial charge is 0.497 e. The van der Waals surface area contributed by atoms with E-state index < -0.39 is 6.04 Å². The summed E-state index contributed by atoms with van der Waals surface area (Å²) in [6.45, 7) is 1.46. The molecule has 6 nitrogen and oxygen atoms in total. The highest BCUT2D eigenvalue weighted by molar-refractivity contribution is 5.81. The molecule has 0 aliphatic heterocycles. The Morgan fingerprint density at radius 2 is 1.86 bits per heavy atom. The second kappa shape index (κ2) is 10.0. The first-order valence-corrected chi connectivity index (χ1v) is 10.2. The highest BCUT2D eigenvalue weighted by Crippen LogP contribution is 2.21. The van der Waals surface area contributed by atoms with Gasteiger partial charge in [-0.2, -0.15) is 0 Å². The number of aromatic nitrogens is 1. The lowest BCUT2D eigenvalue weighted by molar-refractivity contribution is -0.119. The number of methoxy groups -OCH3 is 1. The van der Waals surface area contributed by atoms with Crippen LogP contribution in [0.3, 0.4) is 0 Å². The van der Waals surface area contributed by atoms with E-state index in [1.54, 1.807) is 17.9 Å². The molecular formula is C23H29N3O3. The average Bonchev–Trinajstić information content (AvgIpc) is 2.74. The zero-order chi connectivity index (χ0) is 20.6. The van der Waals surface area contributed by atoms with Crippen molar-refractivity contribution in [3.05, 3.63) is 59.7 Å². The van der Waals surface area contributed by atoms with Crippen molar-refractivity contribution in [1.82, 2.24) is 9.88 Å². The Bertz CT molecular complexity index is 896. The SMILES string of the molecule is COc1ccc(C(CC(=O)n2ccccc2=NC2CCCCC2)NC(C)=O)cc1. The zero-order valence-corrected chi connectivity index (χ0v) is 17.1. The number of benzene rings is 1. The number of nitrogens with zero attached hydrogens (tertiary/aromatic N) is 2. The van der Waals surface area contributed by atoms with E-state index in [-0.39, 0.29) is 24.3 Å². The third-order valence-corrected chi connectivity index (χ3v) is 5.27. The maximum atomic E-state index is 13.1. The summed E-state index contributed by atoms with van der Waals surface area (Å²) in [7, 11) is 1.60. The quantitative estimate of drug-likeness (QED) is 0.812. The van der Waals surface area contributed by atoms with E-state index in [2.05, 4.69) is 5.32 Å². The van der Waals surface area contributed by atoms with E-state index in [0.717, 1.165) is 24.2 Å². The molecule has 1 fully saturated rings. The first-order chi connectivity index (χ1) is 14.1. The van der Waals surface area contributed by atoms with Gasteiger partial charge in [0.25, 0.3) is 0 Å². The Labute approximate surface area is 171 Å². The molecule has 154 valence electrons. The molecule has 1 saturated carbocycles. The Hall–Kier alpha value is -2.89. The van der Waals surface area contributed by atoms with Crippen LogP contribution in [-0.4, -0.2) is 29.5 Å². The first-order valence-electron chi connectivity index (χ1n) is 10.2. The molecule has 1 atom stereocenters. The van der Waals surface area contributed by atoms with Crippen LogP contribution in [0.2, 0.25) is 0 Å². The Morgan fingerprint density at radius 1 is 1.14 bits per heavy atom. The molecule has 1 aromatic heterocycles. The van der Waals surface area contributed by atoms with E-state index >= 15 is 0 Å². The van der Waals surface area contributed by atoms with Gasteiger partial charge in [-0.3, -0.25) is 19.1 Å². The van der Waals surface area contributed by atoms with Gasteiger partial charge in [0.1, 0.15) is 11.2 Å². The van der Waals surface area contributed by atoms with Crippen molar-refractivity contribution in [1.29, 1.82) is 0 Å². The van der Waals surface area contributed by atoms with E-state index in [1.807, 2.05) is 42.5 Å². The van der Waals surface area contributed by atoms with Crippen LogP contribution in [0.15, 0.2) is 53.7 Å². The predicted molar refractivity (Wildman–Crippen MR) is 112 cm³/mol. The van der Waals surface area contributed by atoms with Crippen LogP contribution in [0.4, 0.5) is 0 Å². The number of amides is 1. The Kier molecular flexibility index (Phi) is 7.22. The number of carbonyl (C=O) groups is 2. The molecule has 1 N–H and O–H groups in total. The summed E-state index contributed by atoms with van der Waals surface area (Å²) in [5.74, 6) is 0.450. The van der Waals surface area contributed by atoms with Crippen LogP contribution in [-0.2, 0) is 4.79 Å². The lowest BCUT2D eigenvalue weighted by Crippen LogP contribution is -2.33. The molecular weight excluding hydrogens is 366 g/mol. The molecule has 1 aliphatic carbocycles. The molecule has 6 heteroatoms. The maximum Gasteiger partial charge on any atom is 0.234 e. The molecule has 1 unspecified atom stereocenters. The van der Waals surface area contributed by atoms with Crippen molar-refractivity contribution in [3.63, 3.8) is 0 Å². The summed E-state index contributed by atoms with van der Waals surface area (Å²) in [5, 5.41) is 2.89. The summed E-state index contributed by atoms with van der Waals surface area (Å²) in [4.78, 5) is 29.7. The van der Waals surface area contributed by atoms with E-state index in [4.69, 9.17) is 9.73 Å². The molecule has 0 bridgehead atoms. The number of nitrogens with one attached hydrogen (secondary N) is 1. The Balaban J connectivity index is 1.84. The minimum atomic E-state index is -0.416. The van der Waals surface area contributed by atoms with Crippen LogP contribution >= 0.6 is 0 Å². The molecule has 0 saturated heterocycles. The van der Waals surface area contributed by atoms with Gasteiger partial charge >= 0.3 is 0 Å². The lowest BCUT2D eigenvalue weighted by atomic mass is 9.96. The van der Waals surface area contributed by atoms with Gasteiger partial charge in [0.05, 0.1) is 25.6 Å². The molecule has 1 aromatic carbocycles. The number of hydrogen-bond acceptors (Lipinski definition) is 4. The topological polar surface area (TPSA) is 72.7 Å². The van der Waals surface area contributed by atoms with Gasteiger partial charge in [-0.25, -0.2) is 0 Å². The first kappa shape index (κ1) is 20.8. The summed E-state index contributed by atoms with van der Waals surface area (Å²) in [6, 6.07) is 12.9. The van der Waals surface area contributed by atoms with Gasteiger partial charge in [0.15, 0.2) is 0 Å². The van der Waals surface area contributed by atoms with Crippen molar-refractivity contribution >= 4 is 11.8 Å². The number of ether oxygens (including phenoxy) is 1. The normalized spacial score (nSPS) is 16.3. The van der Waals surface area contributed by atoms with Crippen molar-refractivity contribution in [2.75, 3.05) is 7.11 Å². The van der Waals surface area contributed by atoms with Crippen molar-refractivity contribution < 1.29 is 14.3 Å². The summed E-state index contributed by atoms with van der Waals surface area (Å²) in [5.41, 5.74) is 1.54. The van der Waals surface area contributed by atoms with Gasteiger partial charge in [0, 0.05) is 13.1 Å². The fraction of sp³-hybridized carbons (Fsp3) is 0.435. The maximum absolute atomic E-state index is 13.1. The molecule has 29 heavy (non-hydrogen) atoms. The van der Waals surface area contributed by atoms with Crippen LogP contribution in [0, 0.1) is 0 Å². The molecule has 3 rings (SSSR count). The van der Waals surface area contributed by atoms with Gasteiger partial charge in [-0.05, 0) is 42.7 Å². The van der Waals surface area contributed by atoms with Gasteiger partial charge < -0.3 is 10.1 Å². The lowest BCUT2D eigenvalue weighted by Gasteiger charge is -2.20. The minimum Gasteiger partial charge on any atom is -0.497 e. The second-order valence-corrected chi connectivity index (χ2v) is 7.47. The summed E-state index contributed by atoms with van der Waals surface area (Å²) in [6.07, 6.45) is 7.69. The van der Waals surface area contributed by atoms with Gasteiger partial charge in [-0.15, -0.1) is 0 Å². The number of hydrogen-bond donors (Lipinski definition) is 1. The highest BCUT2D eigenvalue weighted by atomic mass is 16.5. The van der Waals surface area contributed by atoms with Crippen LogP contribution in [0.5, 0.6) is 5.75 Å². The number of rotatable bonds is 6. The minimum absolute atomic E-state index is 0.102. The smallest absolute Gasteiger partial charge is 0.234 e. The summed E-state index contributed by atoms with van der Waals surface area (Å²) < 4.78 is 6.80. The molecule has 1 heterocycles. The van der Waals surface area contributed by atoms with Gasteiger partial charge in [-0.1, -0.05) is 37.5 Å². The monoisotopic (exact) mass is 395 g/mol. The highest BCUT2D eigenvalue weighted by Gasteiger charge is 2.19. The summed E-state index contributed by atoms with van der Waals surface area (Å²) >= 11 is 0. The molecule has 1 aliphatic rings. The van der Waals surface area contributed by atoms with Gasteiger partial charge in [0.2, 0.25) is 11.8 Å². The van der Waals surface area contributed by atoms with Crippen LogP contribution < -0.4 is 15.5 Å². The number of pyridine rings is 1. The zero-order valence-electron chi connectivity index (χ0n) is 17.1. The predicted octanol–water partition coefficient (Wildman–Crippen LogP) is 3.64. The van der Waals surface area contributed by atoms with Crippen molar-refractivity contribution in [2.45, 2.75) is 57.5 Å². The average molecular weight is 396 g/mol. The molecule has 2 aromatic rings. The standard InChI is InChI=1S/C23H29N3O3/c1-17(27)24-21(18-11-13-20(29-2)14-12-18)16-23(28)26-15-7-6-10-22(26)25-19-8-4-3-5-9-19/h6-7,10-15,19,21H,3-5,8-9,16H2,1-2H3,(H,24,27).